The highest BCUT2D eigenvalue weighted by molar-refractivity contribution is 6.39. The van der Waals surface area contributed by atoms with Crippen LogP contribution in [0.1, 0.15) is 28.4 Å². The lowest BCUT2D eigenvalue weighted by atomic mass is 10.0. The number of aryl methyl sites for hydroxylation is 1. The Labute approximate surface area is 176 Å². The Kier molecular flexibility index (Phi) is 5.89. The fraction of sp³-hybridized carbons (Fsp3) is 0.143. The Hall–Kier alpha value is -3.65. The van der Waals surface area contributed by atoms with Gasteiger partial charge in [0, 0.05) is 5.02 Å². The first-order valence-corrected chi connectivity index (χ1v) is 9.28. The van der Waals surface area contributed by atoms with Crippen LogP contribution in [-0.4, -0.2) is 35.5 Å². The SMILES string of the molecule is CCOc1ccc(C=C2C(=O)NC(=O)N(c3cc(Cl)ccc3C)C2=O)cc1C(=O)O. The van der Waals surface area contributed by atoms with E-state index in [1.165, 1.54) is 30.3 Å². The first kappa shape index (κ1) is 21.1. The van der Waals surface area contributed by atoms with Crippen molar-refractivity contribution in [1.82, 2.24) is 5.32 Å². The number of urea groups is 1. The smallest absolute Gasteiger partial charge is 0.339 e. The molecule has 1 saturated heterocycles. The van der Waals surface area contributed by atoms with Crippen LogP contribution >= 0.6 is 11.6 Å². The zero-order chi connectivity index (χ0) is 22.0. The largest absolute Gasteiger partial charge is 0.493 e. The third-order valence-electron chi connectivity index (χ3n) is 4.36. The molecule has 1 aliphatic rings. The summed E-state index contributed by atoms with van der Waals surface area (Å²) in [7, 11) is 0. The van der Waals surface area contributed by atoms with Crippen molar-refractivity contribution in [3.63, 3.8) is 0 Å². The van der Waals surface area contributed by atoms with Gasteiger partial charge in [-0.15, -0.1) is 0 Å². The second kappa shape index (κ2) is 8.38. The summed E-state index contributed by atoms with van der Waals surface area (Å²) in [5.74, 6) is -2.78. The molecule has 0 bridgehead atoms. The van der Waals surface area contributed by atoms with Crippen molar-refractivity contribution in [2.45, 2.75) is 13.8 Å². The number of hydrogen-bond donors (Lipinski definition) is 2. The number of carboxylic acid groups (broad SMARTS) is 1. The summed E-state index contributed by atoms with van der Waals surface area (Å²) in [6.45, 7) is 3.69. The van der Waals surface area contributed by atoms with Gasteiger partial charge >= 0.3 is 12.0 Å². The Morgan fingerprint density at radius 2 is 1.93 bits per heavy atom. The lowest BCUT2D eigenvalue weighted by molar-refractivity contribution is -0.122. The van der Waals surface area contributed by atoms with Crippen molar-refractivity contribution in [2.75, 3.05) is 11.5 Å². The van der Waals surface area contributed by atoms with Gasteiger partial charge in [-0.25, -0.2) is 14.5 Å². The zero-order valence-corrected chi connectivity index (χ0v) is 16.8. The van der Waals surface area contributed by atoms with Crippen LogP contribution < -0.4 is 15.0 Å². The topological polar surface area (TPSA) is 113 Å². The third kappa shape index (κ3) is 4.04. The van der Waals surface area contributed by atoms with Gasteiger partial charge in [-0.1, -0.05) is 23.7 Å². The highest BCUT2D eigenvalue weighted by Gasteiger charge is 2.37. The van der Waals surface area contributed by atoms with E-state index in [2.05, 4.69) is 5.32 Å². The number of benzene rings is 2. The second-order valence-corrected chi connectivity index (χ2v) is 6.82. The molecule has 30 heavy (non-hydrogen) atoms. The summed E-state index contributed by atoms with van der Waals surface area (Å²) in [6, 6.07) is 8.04. The van der Waals surface area contributed by atoms with Gasteiger partial charge < -0.3 is 9.84 Å². The predicted octanol–water partition coefficient (Wildman–Crippen LogP) is 3.41. The van der Waals surface area contributed by atoms with Crippen molar-refractivity contribution in [3.8, 4) is 5.75 Å². The van der Waals surface area contributed by atoms with E-state index in [-0.39, 0.29) is 34.7 Å². The van der Waals surface area contributed by atoms with Gasteiger partial charge in [0.15, 0.2) is 0 Å². The van der Waals surface area contributed by atoms with Crippen molar-refractivity contribution >= 4 is 47.2 Å². The number of aromatic carboxylic acids is 1. The molecule has 0 aromatic heterocycles. The average molecular weight is 429 g/mol. The van der Waals surface area contributed by atoms with E-state index in [1.54, 1.807) is 26.0 Å². The van der Waals surface area contributed by atoms with Crippen LogP contribution in [0.25, 0.3) is 6.08 Å². The summed E-state index contributed by atoms with van der Waals surface area (Å²) in [4.78, 5) is 50.0. The van der Waals surface area contributed by atoms with E-state index in [9.17, 15) is 24.3 Å². The lowest BCUT2D eigenvalue weighted by Gasteiger charge is -2.27. The lowest BCUT2D eigenvalue weighted by Crippen LogP contribution is -2.54. The van der Waals surface area contributed by atoms with Crippen LogP contribution in [0, 0.1) is 6.92 Å². The maximum absolute atomic E-state index is 13.0. The fourth-order valence-electron chi connectivity index (χ4n) is 2.95. The van der Waals surface area contributed by atoms with Crippen molar-refractivity contribution in [3.05, 3.63) is 63.7 Å². The minimum atomic E-state index is -1.22. The maximum Gasteiger partial charge on any atom is 0.339 e. The van der Waals surface area contributed by atoms with Crippen LogP contribution in [-0.2, 0) is 9.59 Å². The molecule has 1 aliphatic heterocycles. The number of carbonyl (C=O) groups is 4. The molecule has 0 atom stereocenters. The van der Waals surface area contributed by atoms with E-state index in [1.807, 2.05) is 0 Å². The van der Waals surface area contributed by atoms with Crippen LogP contribution in [0.3, 0.4) is 0 Å². The zero-order valence-electron chi connectivity index (χ0n) is 16.1. The number of ether oxygens (including phenoxy) is 1. The van der Waals surface area contributed by atoms with E-state index in [4.69, 9.17) is 16.3 Å². The van der Waals surface area contributed by atoms with Gasteiger partial charge in [0.2, 0.25) is 0 Å². The van der Waals surface area contributed by atoms with Gasteiger partial charge in [0.25, 0.3) is 11.8 Å². The summed E-state index contributed by atoms with van der Waals surface area (Å²) < 4.78 is 5.29. The van der Waals surface area contributed by atoms with Gasteiger partial charge in [-0.05, 0) is 55.3 Å². The highest BCUT2D eigenvalue weighted by atomic mass is 35.5. The first-order valence-electron chi connectivity index (χ1n) is 8.90. The standard InChI is InChI=1S/C21H17ClN2O6/c1-3-30-17-7-5-12(8-14(17)20(27)28)9-15-18(25)23-21(29)24(19(15)26)16-10-13(22)6-4-11(16)2/h4-10H,3H2,1-2H3,(H,27,28)(H,23,25,29). The Morgan fingerprint density at radius 1 is 1.20 bits per heavy atom. The van der Waals surface area contributed by atoms with Crippen LogP contribution in [0.5, 0.6) is 5.75 Å². The predicted molar refractivity (Wildman–Crippen MR) is 110 cm³/mol. The number of anilines is 1. The van der Waals surface area contributed by atoms with E-state index in [0.29, 0.717) is 10.6 Å². The number of halogens is 1. The molecule has 3 rings (SSSR count). The van der Waals surface area contributed by atoms with E-state index >= 15 is 0 Å². The molecule has 2 aromatic rings. The summed E-state index contributed by atoms with van der Waals surface area (Å²) in [5, 5.41) is 11.8. The van der Waals surface area contributed by atoms with E-state index < -0.39 is 23.8 Å². The van der Waals surface area contributed by atoms with Crippen molar-refractivity contribution in [2.24, 2.45) is 0 Å². The number of imide groups is 2. The molecule has 0 saturated carbocycles. The second-order valence-electron chi connectivity index (χ2n) is 6.38. The molecule has 4 amide bonds. The van der Waals surface area contributed by atoms with Crippen LogP contribution in [0.2, 0.25) is 5.02 Å². The molecular formula is C21H17ClN2O6. The molecule has 2 aromatic carbocycles. The average Bonchev–Trinajstić information content (AvgIpc) is 2.68. The van der Waals surface area contributed by atoms with Crippen LogP contribution in [0.4, 0.5) is 10.5 Å². The molecule has 1 fully saturated rings. The maximum atomic E-state index is 13.0. The molecule has 9 heteroatoms. The summed E-state index contributed by atoms with van der Waals surface area (Å²) in [5.41, 5.74) is 0.682. The van der Waals surface area contributed by atoms with Gasteiger partial charge in [0.05, 0.1) is 12.3 Å². The normalized spacial score (nSPS) is 15.4. The third-order valence-corrected chi connectivity index (χ3v) is 4.59. The molecule has 8 nitrogen and oxygen atoms in total. The van der Waals surface area contributed by atoms with Gasteiger partial charge in [-0.2, -0.15) is 0 Å². The summed E-state index contributed by atoms with van der Waals surface area (Å²) in [6.07, 6.45) is 1.22. The van der Waals surface area contributed by atoms with Crippen molar-refractivity contribution < 1.29 is 29.0 Å². The van der Waals surface area contributed by atoms with Gasteiger partial charge in [-0.3, -0.25) is 14.9 Å². The van der Waals surface area contributed by atoms with Gasteiger partial charge in [0.1, 0.15) is 16.9 Å². The monoisotopic (exact) mass is 428 g/mol. The minimum Gasteiger partial charge on any atom is -0.493 e. The number of rotatable bonds is 5. The highest BCUT2D eigenvalue weighted by Crippen LogP contribution is 2.28. The molecule has 0 aliphatic carbocycles. The molecule has 0 radical (unpaired) electrons. The number of carbonyl (C=O) groups excluding carboxylic acids is 3. The number of barbiturate groups is 1. The van der Waals surface area contributed by atoms with E-state index in [0.717, 1.165) is 4.90 Å². The first-order chi connectivity index (χ1) is 14.2. The summed E-state index contributed by atoms with van der Waals surface area (Å²) >= 11 is 6.00. The number of amides is 4. The Balaban J connectivity index is 2.06. The molecular weight excluding hydrogens is 412 g/mol. The number of hydrogen-bond acceptors (Lipinski definition) is 5. The molecule has 0 unspecified atom stereocenters. The molecule has 154 valence electrons. The number of nitrogens with one attached hydrogen (secondary N) is 1. The van der Waals surface area contributed by atoms with Crippen LogP contribution in [0.15, 0.2) is 42.0 Å². The van der Waals surface area contributed by atoms with Crippen molar-refractivity contribution in [1.29, 1.82) is 0 Å². The molecule has 2 N–H and O–H groups in total. The fourth-order valence-corrected chi connectivity index (χ4v) is 3.12. The minimum absolute atomic E-state index is 0.117. The number of carboxylic acids is 1. The Morgan fingerprint density at radius 3 is 2.60 bits per heavy atom. The Bertz CT molecular complexity index is 1110. The molecule has 1 heterocycles. The number of nitrogens with zero attached hydrogens (tertiary/aromatic N) is 1. The molecule has 0 spiro atoms. The quantitative estimate of drug-likeness (QED) is 0.557.